The summed E-state index contributed by atoms with van der Waals surface area (Å²) in [5, 5.41) is 9.72. The van der Waals surface area contributed by atoms with Crippen LogP contribution in [-0.4, -0.2) is 11.7 Å². The third-order valence-corrected chi connectivity index (χ3v) is 3.47. The lowest BCUT2D eigenvalue weighted by atomic mass is 10.2. The van der Waals surface area contributed by atoms with E-state index in [2.05, 4.69) is 17.2 Å². The largest absolute Gasteiger partial charge is 0.495 e. The zero-order valence-corrected chi connectivity index (χ0v) is 12.4. The summed E-state index contributed by atoms with van der Waals surface area (Å²) in [6.45, 7) is 2.05. The highest BCUT2D eigenvalue weighted by molar-refractivity contribution is 5.95. The van der Waals surface area contributed by atoms with E-state index in [1.807, 2.05) is 60.3 Å². The Balaban J connectivity index is 2.03. The van der Waals surface area contributed by atoms with Crippen molar-refractivity contribution in [1.82, 2.24) is 4.57 Å². The van der Waals surface area contributed by atoms with Crippen LogP contribution in [0.4, 0.5) is 11.4 Å². The van der Waals surface area contributed by atoms with Gasteiger partial charge in [-0.3, -0.25) is 0 Å². The lowest BCUT2D eigenvalue weighted by Gasteiger charge is -2.03. The Morgan fingerprint density at radius 3 is 2.48 bits per heavy atom. The highest BCUT2D eigenvalue weighted by atomic mass is 16.5. The molecule has 0 N–H and O–H groups in total. The maximum Gasteiger partial charge on any atom is 0.143 e. The van der Waals surface area contributed by atoms with E-state index < -0.39 is 0 Å². The number of azo groups is 1. The highest BCUT2D eigenvalue weighted by Gasteiger charge is 2.10. The van der Waals surface area contributed by atoms with Crippen molar-refractivity contribution in [2.45, 2.75) is 6.92 Å². The van der Waals surface area contributed by atoms with Gasteiger partial charge in [-0.15, -0.1) is 5.11 Å². The maximum absolute atomic E-state index is 5.40. The van der Waals surface area contributed by atoms with E-state index in [1.54, 1.807) is 7.11 Å². The number of benzene rings is 2. The first-order valence-corrected chi connectivity index (χ1v) is 6.79. The predicted octanol–water partition coefficient (Wildman–Crippen LogP) is 4.91. The molecular formula is C17H17N3O. The van der Waals surface area contributed by atoms with Gasteiger partial charge >= 0.3 is 0 Å². The van der Waals surface area contributed by atoms with Gasteiger partial charge in [-0.1, -0.05) is 29.8 Å². The number of hydrogen-bond acceptors (Lipinski definition) is 3. The average Bonchev–Trinajstić information content (AvgIpc) is 2.83. The molecule has 3 aromatic rings. The molecule has 0 aliphatic carbocycles. The van der Waals surface area contributed by atoms with Crippen LogP contribution in [0.5, 0.6) is 5.75 Å². The van der Waals surface area contributed by atoms with E-state index in [9.17, 15) is 0 Å². The van der Waals surface area contributed by atoms with Crippen LogP contribution in [0.3, 0.4) is 0 Å². The van der Waals surface area contributed by atoms with E-state index >= 15 is 0 Å². The first kappa shape index (κ1) is 13.4. The van der Waals surface area contributed by atoms with Crippen molar-refractivity contribution in [3.05, 3.63) is 54.2 Å². The van der Waals surface area contributed by atoms with Gasteiger partial charge in [0.15, 0.2) is 0 Å². The summed E-state index contributed by atoms with van der Waals surface area (Å²) in [5.74, 6) is 0.840. The summed E-state index contributed by atoms with van der Waals surface area (Å²) in [6, 6.07) is 13.9. The van der Waals surface area contributed by atoms with Gasteiger partial charge in [0.2, 0.25) is 0 Å². The molecule has 0 atom stereocenters. The van der Waals surface area contributed by atoms with E-state index in [-0.39, 0.29) is 0 Å². The van der Waals surface area contributed by atoms with Gasteiger partial charge in [0.1, 0.15) is 11.4 Å². The molecule has 0 fully saturated rings. The van der Waals surface area contributed by atoms with Crippen LogP contribution in [-0.2, 0) is 7.05 Å². The van der Waals surface area contributed by atoms with Crippen molar-refractivity contribution in [1.29, 1.82) is 0 Å². The number of ether oxygens (including phenoxy) is 1. The topological polar surface area (TPSA) is 38.9 Å². The third kappa shape index (κ3) is 2.52. The van der Waals surface area contributed by atoms with Gasteiger partial charge in [-0.05, 0) is 25.1 Å². The van der Waals surface area contributed by atoms with E-state index in [1.165, 1.54) is 5.56 Å². The lowest BCUT2D eigenvalue weighted by Crippen LogP contribution is -1.89. The van der Waals surface area contributed by atoms with Gasteiger partial charge in [0.05, 0.1) is 18.3 Å². The van der Waals surface area contributed by atoms with Crippen LogP contribution in [0, 0.1) is 6.92 Å². The molecule has 3 rings (SSSR count). The molecule has 1 heterocycles. The van der Waals surface area contributed by atoms with Crippen molar-refractivity contribution in [2.75, 3.05) is 7.11 Å². The summed E-state index contributed by atoms with van der Waals surface area (Å²) in [7, 11) is 3.66. The van der Waals surface area contributed by atoms with Crippen molar-refractivity contribution in [2.24, 2.45) is 17.3 Å². The van der Waals surface area contributed by atoms with Gasteiger partial charge in [-0.2, -0.15) is 5.11 Å². The van der Waals surface area contributed by atoms with E-state index in [0.29, 0.717) is 0 Å². The van der Waals surface area contributed by atoms with Gasteiger partial charge in [0, 0.05) is 18.6 Å². The Morgan fingerprint density at radius 2 is 1.76 bits per heavy atom. The SMILES string of the molecule is COc1cccc2c(/N=N/c3ccc(C)cc3)cn(C)c12. The zero-order chi connectivity index (χ0) is 14.8. The number of fused-ring (bicyclic) bond motifs is 1. The molecule has 0 bridgehead atoms. The molecule has 0 aliphatic rings. The summed E-state index contributed by atoms with van der Waals surface area (Å²) < 4.78 is 7.42. The number of aromatic nitrogens is 1. The Morgan fingerprint density at radius 1 is 1.00 bits per heavy atom. The Labute approximate surface area is 123 Å². The maximum atomic E-state index is 5.40. The zero-order valence-electron chi connectivity index (χ0n) is 12.4. The van der Waals surface area contributed by atoms with Crippen LogP contribution < -0.4 is 4.74 Å². The minimum Gasteiger partial charge on any atom is -0.495 e. The smallest absolute Gasteiger partial charge is 0.143 e. The third-order valence-electron chi connectivity index (χ3n) is 3.47. The average molecular weight is 279 g/mol. The first-order valence-electron chi connectivity index (χ1n) is 6.79. The molecule has 0 unspecified atom stereocenters. The van der Waals surface area contributed by atoms with Crippen LogP contribution in [0.25, 0.3) is 10.9 Å². The first-order chi connectivity index (χ1) is 10.2. The molecule has 0 saturated carbocycles. The fourth-order valence-corrected chi connectivity index (χ4v) is 2.38. The van der Waals surface area contributed by atoms with Crippen molar-refractivity contribution < 1.29 is 4.74 Å². The summed E-state index contributed by atoms with van der Waals surface area (Å²) in [6.07, 6.45) is 1.96. The fourth-order valence-electron chi connectivity index (χ4n) is 2.38. The summed E-state index contributed by atoms with van der Waals surface area (Å²) >= 11 is 0. The molecule has 2 aromatic carbocycles. The normalized spacial score (nSPS) is 11.4. The number of para-hydroxylation sites is 1. The monoisotopic (exact) mass is 279 g/mol. The second-order valence-electron chi connectivity index (χ2n) is 5.02. The van der Waals surface area contributed by atoms with E-state index in [0.717, 1.165) is 28.0 Å². The number of rotatable bonds is 3. The number of nitrogens with zero attached hydrogens (tertiary/aromatic N) is 3. The molecule has 0 spiro atoms. The number of hydrogen-bond donors (Lipinski definition) is 0. The van der Waals surface area contributed by atoms with Crippen molar-refractivity contribution in [3.63, 3.8) is 0 Å². The Bertz CT molecular complexity index is 801. The fraction of sp³-hybridized carbons (Fsp3) is 0.176. The molecule has 4 heteroatoms. The minimum atomic E-state index is 0.840. The van der Waals surface area contributed by atoms with E-state index in [4.69, 9.17) is 4.74 Å². The number of methoxy groups -OCH3 is 1. The number of aryl methyl sites for hydroxylation is 2. The van der Waals surface area contributed by atoms with Crippen LogP contribution in [0.15, 0.2) is 58.9 Å². The molecule has 4 nitrogen and oxygen atoms in total. The standard InChI is InChI=1S/C17H17N3O/c1-12-7-9-13(10-8-12)18-19-15-11-20(2)17-14(15)5-4-6-16(17)21-3/h4-11H,1-3H3/b19-18+. The molecule has 0 saturated heterocycles. The van der Waals surface area contributed by atoms with Gasteiger partial charge < -0.3 is 9.30 Å². The quantitative estimate of drug-likeness (QED) is 0.628. The predicted molar refractivity (Wildman–Crippen MR) is 84.8 cm³/mol. The molecule has 0 amide bonds. The molecule has 106 valence electrons. The molecular weight excluding hydrogens is 262 g/mol. The Hall–Kier alpha value is -2.62. The molecule has 0 aliphatic heterocycles. The summed E-state index contributed by atoms with van der Waals surface area (Å²) in [5.41, 5.74) is 3.93. The molecule has 1 aromatic heterocycles. The second kappa shape index (κ2) is 5.40. The second-order valence-corrected chi connectivity index (χ2v) is 5.02. The van der Waals surface area contributed by atoms with Crippen LogP contribution >= 0.6 is 0 Å². The van der Waals surface area contributed by atoms with Crippen molar-refractivity contribution >= 4 is 22.3 Å². The van der Waals surface area contributed by atoms with Crippen molar-refractivity contribution in [3.8, 4) is 5.75 Å². The summed E-state index contributed by atoms with van der Waals surface area (Å²) in [4.78, 5) is 0. The molecule has 21 heavy (non-hydrogen) atoms. The van der Waals surface area contributed by atoms with Crippen LogP contribution in [0.1, 0.15) is 5.56 Å². The molecule has 0 radical (unpaired) electrons. The minimum absolute atomic E-state index is 0.840. The Kier molecular flexibility index (Phi) is 3.44. The van der Waals surface area contributed by atoms with Gasteiger partial charge in [-0.25, -0.2) is 0 Å². The van der Waals surface area contributed by atoms with Crippen LogP contribution in [0.2, 0.25) is 0 Å². The van der Waals surface area contributed by atoms with Gasteiger partial charge in [0.25, 0.3) is 0 Å². The highest BCUT2D eigenvalue weighted by Crippen LogP contribution is 2.34. The lowest BCUT2D eigenvalue weighted by molar-refractivity contribution is 0.418.